The van der Waals surface area contributed by atoms with Crippen molar-refractivity contribution in [3.05, 3.63) is 0 Å². The Bertz CT molecular complexity index is 358. The summed E-state index contributed by atoms with van der Waals surface area (Å²) >= 11 is 0. The molecule has 0 atom stereocenters. The van der Waals surface area contributed by atoms with E-state index in [1.165, 1.54) is 11.9 Å². The van der Waals surface area contributed by atoms with Crippen molar-refractivity contribution in [3.63, 3.8) is 0 Å². The second-order valence-electron chi connectivity index (χ2n) is 3.52. The first-order chi connectivity index (χ1) is 8.90. The average Bonchev–Trinajstić information content (AvgIpc) is 2.39. The largest absolute Gasteiger partial charge is 0.480 e. The first kappa shape index (κ1) is 16.7. The Morgan fingerprint density at radius 1 is 1.05 bits per heavy atom. The van der Waals surface area contributed by atoms with Crippen molar-refractivity contribution in [1.29, 1.82) is 0 Å². The number of amides is 4. The zero-order valence-corrected chi connectivity index (χ0v) is 10.9. The summed E-state index contributed by atoms with van der Waals surface area (Å²) in [7, 11) is 1.45. The second kappa shape index (κ2) is 8.72. The number of rotatable bonds is 7. The fourth-order valence-corrected chi connectivity index (χ4v) is 1.08. The van der Waals surface area contributed by atoms with Gasteiger partial charge in [-0.25, -0.2) is 4.79 Å². The molecule has 0 aliphatic rings. The maximum absolute atomic E-state index is 11.6. The molecule has 4 amide bonds. The SMILES string of the molecule is CCN(CC(=O)NC)C(=O)NCC(=O)NCC(=O)O. The Morgan fingerprint density at radius 3 is 2.16 bits per heavy atom. The van der Waals surface area contributed by atoms with Gasteiger partial charge in [-0.1, -0.05) is 0 Å². The molecule has 0 spiro atoms. The molecule has 0 rings (SSSR count). The van der Waals surface area contributed by atoms with Crippen molar-refractivity contribution in [2.45, 2.75) is 6.92 Å². The molecule has 9 nitrogen and oxygen atoms in total. The highest BCUT2D eigenvalue weighted by Crippen LogP contribution is 1.88. The van der Waals surface area contributed by atoms with Crippen LogP contribution in [0.25, 0.3) is 0 Å². The van der Waals surface area contributed by atoms with E-state index in [0.29, 0.717) is 6.54 Å². The Hall–Kier alpha value is -2.32. The Morgan fingerprint density at radius 2 is 1.68 bits per heavy atom. The lowest BCUT2D eigenvalue weighted by Crippen LogP contribution is -2.47. The van der Waals surface area contributed by atoms with Gasteiger partial charge >= 0.3 is 12.0 Å². The van der Waals surface area contributed by atoms with Crippen molar-refractivity contribution >= 4 is 23.8 Å². The van der Waals surface area contributed by atoms with Crippen LogP contribution in [0.15, 0.2) is 0 Å². The van der Waals surface area contributed by atoms with Gasteiger partial charge in [0.2, 0.25) is 11.8 Å². The third-order valence-corrected chi connectivity index (χ3v) is 2.12. The van der Waals surface area contributed by atoms with E-state index in [1.807, 2.05) is 0 Å². The van der Waals surface area contributed by atoms with Gasteiger partial charge in [0.1, 0.15) is 13.1 Å². The minimum atomic E-state index is -1.17. The number of carbonyl (C=O) groups is 4. The fourth-order valence-electron chi connectivity index (χ4n) is 1.08. The first-order valence-corrected chi connectivity index (χ1v) is 5.62. The summed E-state index contributed by atoms with van der Waals surface area (Å²) in [6, 6.07) is -0.573. The second-order valence-corrected chi connectivity index (χ2v) is 3.52. The molecule has 0 bridgehead atoms. The van der Waals surface area contributed by atoms with Crippen molar-refractivity contribution in [2.24, 2.45) is 0 Å². The Kier molecular flexibility index (Phi) is 7.66. The minimum absolute atomic E-state index is 0.115. The van der Waals surface area contributed by atoms with E-state index in [9.17, 15) is 19.2 Å². The summed E-state index contributed by atoms with van der Waals surface area (Å²) < 4.78 is 0. The molecule has 9 heteroatoms. The quantitative estimate of drug-likeness (QED) is 0.425. The molecule has 0 aliphatic carbocycles. The number of carbonyl (C=O) groups excluding carboxylic acids is 3. The van der Waals surface area contributed by atoms with Crippen LogP contribution in [0.3, 0.4) is 0 Å². The first-order valence-electron chi connectivity index (χ1n) is 5.62. The van der Waals surface area contributed by atoms with Crippen LogP contribution in [-0.4, -0.2) is 67.0 Å². The highest BCUT2D eigenvalue weighted by molar-refractivity contribution is 5.88. The van der Waals surface area contributed by atoms with Gasteiger partial charge in [-0.05, 0) is 6.92 Å². The van der Waals surface area contributed by atoms with E-state index in [2.05, 4.69) is 16.0 Å². The molecule has 0 heterocycles. The average molecular weight is 274 g/mol. The molecule has 4 N–H and O–H groups in total. The lowest BCUT2D eigenvalue weighted by molar-refractivity contribution is -0.137. The van der Waals surface area contributed by atoms with Gasteiger partial charge < -0.3 is 26.0 Å². The molecule has 19 heavy (non-hydrogen) atoms. The van der Waals surface area contributed by atoms with Crippen molar-refractivity contribution < 1.29 is 24.3 Å². The Balaban J connectivity index is 4.09. The molecule has 0 aromatic rings. The summed E-state index contributed by atoms with van der Waals surface area (Å²) in [6.07, 6.45) is 0. The minimum Gasteiger partial charge on any atom is -0.480 e. The van der Waals surface area contributed by atoms with Crippen LogP contribution in [0.2, 0.25) is 0 Å². The van der Waals surface area contributed by atoms with Crippen molar-refractivity contribution in [3.8, 4) is 0 Å². The molecule has 0 aromatic heterocycles. The maximum Gasteiger partial charge on any atom is 0.322 e. The molecule has 0 aliphatic heterocycles. The highest BCUT2D eigenvalue weighted by atomic mass is 16.4. The van der Waals surface area contributed by atoms with Crippen LogP contribution in [0.1, 0.15) is 6.92 Å². The molecule has 0 radical (unpaired) electrons. The Labute approximate surface area is 110 Å². The van der Waals surface area contributed by atoms with Crippen LogP contribution in [0, 0.1) is 0 Å². The van der Waals surface area contributed by atoms with E-state index >= 15 is 0 Å². The van der Waals surface area contributed by atoms with Crippen LogP contribution in [-0.2, 0) is 14.4 Å². The number of carboxylic acid groups (broad SMARTS) is 1. The molecule has 0 fully saturated rings. The summed E-state index contributed by atoms with van der Waals surface area (Å²) in [5.41, 5.74) is 0. The van der Waals surface area contributed by atoms with Crippen molar-refractivity contribution in [1.82, 2.24) is 20.9 Å². The predicted molar refractivity (Wildman–Crippen MR) is 65.4 cm³/mol. The number of nitrogens with one attached hydrogen (secondary N) is 3. The molecule has 0 saturated carbocycles. The number of hydrogen-bond donors (Lipinski definition) is 4. The third kappa shape index (κ3) is 7.58. The topological polar surface area (TPSA) is 128 Å². The lowest BCUT2D eigenvalue weighted by atomic mass is 10.4. The van der Waals surface area contributed by atoms with Gasteiger partial charge in [-0.3, -0.25) is 14.4 Å². The predicted octanol–water partition coefficient (Wildman–Crippen LogP) is -2.04. The molecule has 0 unspecified atom stereocenters. The molecule has 0 saturated heterocycles. The van der Waals surface area contributed by atoms with Gasteiger partial charge in [0.25, 0.3) is 0 Å². The molecule has 108 valence electrons. The van der Waals surface area contributed by atoms with E-state index in [-0.39, 0.29) is 19.0 Å². The van der Waals surface area contributed by atoms with Gasteiger partial charge in [0, 0.05) is 13.6 Å². The number of nitrogens with zero attached hydrogens (tertiary/aromatic N) is 1. The number of likely N-dealkylation sites (N-methyl/N-ethyl adjacent to an activating group) is 2. The van der Waals surface area contributed by atoms with Gasteiger partial charge in [-0.15, -0.1) is 0 Å². The van der Waals surface area contributed by atoms with E-state index < -0.39 is 24.5 Å². The monoisotopic (exact) mass is 274 g/mol. The van der Waals surface area contributed by atoms with Gasteiger partial charge in [0.05, 0.1) is 6.54 Å². The summed E-state index contributed by atoms with van der Waals surface area (Å²) in [4.78, 5) is 45.3. The summed E-state index contributed by atoms with van der Waals surface area (Å²) in [5.74, 6) is -2.12. The molecule has 0 aromatic carbocycles. The van der Waals surface area contributed by atoms with Gasteiger partial charge in [-0.2, -0.15) is 0 Å². The summed E-state index contributed by atoms with van der Waals surface area (Å²) in [5, 5.41) is 15.1. The third-order valence-electron chi connectivity index (χ3n) is 2.12. The van der Waals surface area contributed by atoms with Crippen LogP contribution in [0.5, 0.6) is 0 Å². The zero-order valence-electron chi connectivity index (χ0n) is 10.9. The highest BCUT2D eigenvalue weighted by Gasteiger charge is 2.15. The number of urea groups is 1. The maximum atomic E-state index is 11.6. The van der Waals surface area contributed by atoms with Gasteiger partial charge in [0.15, 0.2) is 0 Å². The lowest BCUT2D eigenvalue weighted by Gasteiger charge is -2.20. The standard InChI is InChI=1S/C10H18N4O5/c1-3-14(6-8(16)11-2)10(19)13-4-7(15)12-5-9(17)18/h3-6H2,1-2H3,(H,11,16)(H,12,15)(H,13,19)(H,17,18). The summed E-state index contributed by atoms with van der Waals surface area (Å²) in [6.45, 7) is 1.01. The van der Waals surface area contributed by atoms with Crippen molar-refractivity contribution in [2.75, 3.05) is 33.2 Å². The van der Waals surface area contributed by atoms with E-state index in [0.717, 1.165) is 0 Å². The number of hydrogen-bond acceptors (Lipinski definition) is 4. The fraction of sp³-hybridized carbons (Fsp3) is 0.600. The van der Waals surface area contributed by atoms with Crippen LogP contribution in [0.4, 0.5) is 4.79 Å². The van der Waals surface area contributed by atoms with Crippen LogP contribution >= 0.6 is 0 Å². The van der Waals surface area contributed by atoms with E-state index in [1.54, 1.807) is 6.92 Å². The normalized spacial score (nSPS) is 9.37. The van der Waals surface area contributed by atoms with E-state index in [4.69, 9.17) is 5.11 Å². The zero-order chi connectivity index (χ0) is 14.8. The smallest absolute Gasteiger partial charge is 0.322 e. The molecular weight excluding hydrogens is 256 g/mol. The molecular formula is C10H18N4O5. The number of carboxylic acids is 1. The number of aliphatic carboxylic acids is 1. The van der Waals surface area contributed by atoms with Crippen LogP contribution < -0.4 is 16.0 Å².